The molecule has 4 N–H and O–H groups in total. The number of aromatic nitrogens is 6. The average molecular weight is 377 g/mol. The van der Waals surface area contributed by atoms with Crippen molar-refractivity contribution in [3.63, 3.8) is 0 Å². The van der Waals surface area contributed by atoms with E-state index in [2.05, 4.69) is 35.7 Å². The van der Waals surface area contributed by atoms with Crippen LogP contribution >= 0.6 is 0 Å². The van der Waals surface area contributed by atoms with Crippen LogP contribution in [0.4, 0.5) is 11.6 Å². The molecule has 1 saturated carbocycles. The molecule has 1 aromatic carbocycles. The van der Waals surface area contributed by atoms with Gasteiger partial charge in [0.25, 0.3) is 5.56 Å². The number of anilines is 2. The Morgan fingerprint density at radius 3 is 2.82 bits per heavy atom. The number of nitrogens with zero attached hydrogens (tertiary/aromatic N) is 3. The zero-order valence-electron chi connectivity index (χ0n) is 15.5. The molecule has 3 aromatic heterocycles. The molecule has 0 bridgehead atoms. The van der Waals surface area contributed by atoms with E-state index in [0.29, 0.717) is 28.4 Å². The Labute approximate surface area is 159 Å². The first-order valence-electron chi connectivity index (χ1n) is 9.12. The zero-order valence-corrected chi connectivity index (χ0v) is 15.5. The van der Waals surface area contributed by atoms with Crippen LogP contribution in [-0.4, -0.2) is 30.4 Å². The molecule has 0 amide bonds. The fourth-order valence-electron chi connectivity index (χ4n) is 3.08. The van der Waals surface area contributed by atoms with E-state index in [4.69, 9.17) is 4.74 Å². The first-order chi connectivity index (χ1) is 13.6. The minimum atomic E-state index is -0.167. The Bertz CT molecular complexity index is 1230. The summed E-state index contributed by atoms with van der Waals surface area (Å²) in [5.74, 6) is 2.51. The first-order valence-corrected chi connectivity index (χ1v) is 9.12. The van der Waals surface area contributed by atoms with Gasteiger partial charge in [0.15, 0.2) is 5.82 Å². The van der Waals surface area contributed by atoms with Gasteiger partial charge in [0.05, 0.1) is 10.9 Å². The van der Waals surface area contributed by atoms with Crippen LogP contribution < -0.4 is 15.6 Å². The third-order valence-electron chi connectivity index (χ3n) is 4.99. The van der Waals surface area contributed by atoms with Crippen molar-refractivity contribution in [2.45, 2.75) is 32.6 Å². The molecule has 9 heteroatoms. The fourth-order valence-corrected chi connectivity index (χ4v) is 3.08. The van der Waals surface area contributed by atoms with Crippen molar-refractivity contribution in [1.29, 1.82) is 0 Å². The van der Waals surface area contributed by atoms with Gasteiger partial charge in [-0.3, -0.25) is 20.1 Å². The summed E-state index contributed by atoms with van der Waals surface area (Å²) in [5, 5.41) is 16.6. The number of aromatic amines is 3. The van der Waals surface area contributed by atoms with Crippen LogP contribution in [0.3, 0.4) is 0 Å². The summed E-state index contributed by atoms with van der Waals surface area (Å²) in [5.41, 5.74) is 3.38. The maximum absolute atomic E-state index is 11.6. The van der Waals surface area contributed by atoms with Crippen molar-refractivity contribution in [1.82, 2.24) is 30.4 Å². The SMILES string of the molecule is Cc1nc(Oc2ccc3c(=O)[nH][nH]c3c2)nc(Nc2cc(C3CC3)[nH]n2)c1C. The number of nitrogens with one attached hydrogen (secondary N) is 4. The van der Waals surface area contributed by atoms with Gasteiger partial charge < -0.3 is 10.1 Å². The second-order valence-electron chi connectivity index (χ2n) is 7.06. The second kappa shape index (κ2) is 6.22. The monoisotopic (exact) mass is 377 g/mol. The van der Waals surface area contributed by atoms with Gasteiger partial charge in [0, 0.05) is 35.0 Å². The summed E-state index contributed by atoms with van der Waals surface area (Å²) in [7, 11) is 0. The Balaban J connectivity index is 1.43. The van der Waals surface area contributed by atoms with Crippen molar-refractivity contribution in [2.75, 3.05) is 5.32 Å². The summed E-state index contributed by atoms with van der Waals surface area (Å²) < 4.78 is 5.84. The molecule has 28 heavy (non-hydrogen) atoms. The maximum Gasteiger partial charge on any atom is 0.324 e. The summed E-state index contributed by atoms with van der Waals surface area (Å²) in [6, 6.07) is 7.39. The maximum atomic E-state index is 11.6. The van der Waals surface area contributed by atoms with Crippen molar-refractivity contribution < 1.29 is 4.74 Å². The number of hydrogen-bond donors (Lipinski definition) is 4. The minimum absolute atomic E-state index is 0.167. The molecule has 0 radical (unpaired) electrons. The Morgan fingerprint density at radius 2 is 2.00 bits per heavy atom. The largest absolute Gasteiger partial charge is 0.424 e. The van der Waals surface area contributed by atoms with Crippen LogP contribution in [0.1, 0.15) is 35.7 Å². The molecule has 1 aliphatic carbocycles. The molecule has 1 fully saturated rings. The van der Waals surface area contributed by atoms with Gasteiger partial charge >= 0.3 is 6.01 Å². The van der Waals surface area contributed by atoms with Crippen LogP contribution in [0.2, 0.25) is 0 Å². The Morgan fingerprint density at radius 1 is 1.14 bits per heavy atom. The normalized spacial score (nSPS) is 13.8. The number of benzene rings is 1. The molecular weight excluding hydrogens is 358 g/mol. The van der Waals surface area contributed by atoms with Gasteiger partial charge in [-0.15, -0.1) is 0 Å². The minimum Gasteiger partial charge on any atom is -0.424 e. The van der Waals surface area contributed by atoms with Crippen LogP contribution in [0.15, 0.2) is 29.1 Å². The number of aryl methyl sites for hydroxylation is 1. The standard InChI is InChI=1S/C19H19N7O2/c1-9-10(2)20-19(28-12-5-6-13-15(7-12)24-26-18(13)27)22-17(9)21-16-8-14(23-25-16)11-3-4-11/h5-8,11H,3-4H2,1-2H3,(H2,24,26,27)(H2,20,21,22,23,25). The molecule has 0 unspecified atom stereocenters. The Hall–Kier alpha value is -3.62. The lowest BCUT2D eigenvalue weighted by molar-refractivity contribution is 0.441. The molecule has 0 aliphatic heterocycles. The van der Waals surface area contributed by atoms with Gasteiger partial charge in [-0.25, -0.2) is 0 Å². The zero-order chi connectivity index (χ0) is 19.3. The summed E-state index contributed by atoms with van der Waals surface area (Å²) >= 11 is 0. The van der Waals surface area contributed by atoms with Crippen molar-refractivity contribution >= 4 is 22.5 Å². The third kappa shape index (κ3) is 3.00. The fraction of sp³-hybridized carbons (Fsp3) is 0.263. The lowest BCUT2D eigenvalue weighted by Crippen LogP contribution is -2.03. The summed E-state index contributed by atoms with van der Waals surface area (Å²) in [6.45, 7) is 3.86. The van der Waals surface area contributed by atoms with Crippen molar-refractivity contribution in [3.8, 4) is 11.8 Å². The van der Waals surface area contributed by atoms with Crippen molar-refractivity contribution in [3.05, 3.63) is 51.6 Å². The number of hydrogen-bond acceptors (Lipinski definition) is 6. The van der Waals surface area contributed by atoms with Gasteiger partial charge in [0.1, 0.15) is 11.6 Å². The topological polar surface area (TPSA) is 124 Å². The lowest BCUT2D eigenvalue weighted by atomic mass is 10.2. The molecule has 4 aromatic rings. The molecule has 1 aliphatic rings. The summed E-state index contributed by atoms with van der Waals surface area (Å²) in [6.07, 6.45) is 2.42. The summed E-state index contributed by atoms with van der Waals surface area (Å²) in [4.78, 5) is 20.5. The highest BCUT2D eigenvalue weighted by Gasteiger charge is 2.25. The third-order valence-corrected chi connectivity index (χ3v) is 4.99. The highest BCUT2D eigenvalue weighted by atomic mass is 16.5. The van der Waals surface area contributed by atoms with E-state index in [1.54, 1.807) is 18.2 Å². The molecule has 9 nitrogen and oxygen atoms in total. The van der Waals surface area contributed by atoms with E-state index in [0.717, 1.165) is 22.8 Å². The van der Waals surface area contributed by atoms with E-state index in [1.165, 1.54) is 12.8 Å². The number of fused-ring (bicyclic) bond motifs is 1. The van der Waals surface area contributed by atoms with Crippen LogP contribution in [0, 0.1) is 13.8 Å². The quantitative estimate of drug-likeness (QED) is 0.422. The van der Waals surface area contributed by atoms with Crippen LogP contribution in [0.5, 0.6) is 11.8 Å². The molecule has 3 heterocycles. The molecular formula is C19H19N7O2. The van der Waals surface area contributed by atoms with E-state index in [9.17, 15) is 4.79 Å². The predicted octanol–water partition coefficient (Wildman–Crippen LogP) is 3.40. The van der Waals surface area contributed by atoms with Gasteiger partial charge in [-0.2, -0.15) is 15.1 Å². The van der Waals surface area contributed by atoms with E-state index in [-0.39, 0.29) is 11.6 Å². The second-order valence-corrected chi connectivity index (χ2v) is 7.06. The van der Waals surface area contributed by atoms with Crippen molar-refractivity contribution in [2.24, 2.45) is 0 Å². The molecule has 0 spiro atoms. The molecule has 0 atom stereocenters. The lowest BCUT2D eigenvalue weighted by Gasteiger charge is -2.11. The smallest absolute Gasteiger partial charge is 0.324 e. The highest BCUT2D eigenvalue weighted by Crippen LogP contribution is 2.39. The Kier molecular flexibility index (Phi) is 3.68. The highest BCUT2D eigenvalue weighted by molar-refractivity contribution is 5.79. The molecule has 142 valence electrons. The van der Waals surface area contributed by atoms with Gasteiger partial charge in [-0.05, 0) is 38.8 Å². The number of ether oxygens (including phenoxy) is 1. The number of rotatable bonds is 5. The van der Waals surface area contributed by atoms with E-state index in [1.807, 2.05) is 19.9 Å². The van der Waals surface area contributed by atoms with Gasteiger partial charge in [-0.1, -0.05) is 0 Å². The first kappa shape index (κ1) is 16.5. The van der Waals surface area contributed by atoms with E-state index < -0.39 is 0 Å². The molecule has 5 rings (SSSR count). The van der Waals surface area contributed by atoms with E-state index >= 15 is 0 Å². The molecule has 0 saturated heterocycles. The average Bonchev–Trinajstić information content (AvgIpc) is 3.32. The van der Waals surface area contributed by atoms with Crippen LogP contribution in [-0.2, 0) is 0 Å². The number of H-pyrrole nitrogens is 3. The van der Waals surface area contributed by atoms with Gasteiger partial charge in [0.2, 0.25) is 0 Å². The van der Waals surface area contributed by atoms with Crippen LogP contribution in [0.25, 0.3) is 10.9 Å². The predicted molar refractivity (Wildman–Crippen MR) is 104 cm³/mol.